The van der Waals surface area contributed by atoms with Crippen LogP contribution in [0.15, 0.2) is 48.7 Å². The number of nitrogens with one attached hydrogen (secondary N) is 1. The molecule has 0 bridgehead atoms. The minimum absolute atomic E-state index is 0.0497. The maximum atomic E-state index is 13.4. The van der Waals surface area contributed by atoms with E-state index in [1.165, 1.54) is 35.4 Å². The monoisotopic (exact) mass is 480 g/mol. The van der Waals surface area contributed by atoms with Crippen LogP contribution in [-0.2, 0) is 14.9 Å². The van der Waals surface area contributed by atoms with Crippen molar-refractivity contribution in [2.24, 2.45) is 0 Å². The molecule has 8 heteroatoms. The average molecular weight is 481 g/mol. The third-order valence-corrected chi connectivity index (χ3v) is 5.99. The molecular formula is C27H29FN2O5. The van der Waals surface area contributed by atoms with Gasteiger partial charge in [-0.15, -0.1) is 0 Å². The number of aliphatic hydroxyl groups is 1. The first-order chi connectivity index (χ1) is 16.7. The Kier molecular flexibility index (Phi) is 6.93. The van der Waals surface area contributed by atoms with Gasteiger partial charge in [0, 0.05) is 53.7 Å². The average Bonchev–Trinajstić information content (AvgIpc) is 3.16. The molecule has 35 heavy (non-hydrogen) atoms. The molecule has 0 saturated heterocycles. The molecule has 0 aliphatic carbocycles. The summed E-state index contributed by atoms with van der Waals surface area (Å²) < 4.78 is 24.5. The van der Waals surface area contributed by atoms with Crippen molar-refractivity contribution in [2.75, 3.05) is 26.4 Å². The van der Waals surface area contributed by atoms with E-state index in [4.69, 9.17) is 14.6 Å². The summed E-state index contributed by atoms with van der Waals surface area (Å²) in [5, 5.41) is 9.91. The summed E-state index contributed by atoms with van der Waals surface area (Å²) in [6.07, 6.45) is 2.05. The minimum atomic E-state index is -0.548. The van der Waals surface area contributed by atoms with Gasteiger partial charge in [0.2, 0.25) is 0 Å². The Labute approximate surface area is 203 Å². The van der Waals surface area contributed by atoms with Crippen LogP contribution in [0.3, 0.4) is 0 Å². The number of esters is 1. The third kappa shape index (κ3) is 4.93. The first-order valence-electron chi connectivity index (χ1n) is 11.6. The first-order valence-corrected chi connectivity index (χ1v) is 11.6. The van der Waals surface area contributed by atoms with Gasteiger partial charge in [0.05, 0.1) is 24.5 Å². The highest BCUT2D eigenvalue weighted by Crippen LogP contribution is 2.41. The molecule has 3 aromatic rings. The van der Waals surface area contributed by atoms with E-state index in [9.17, 15) is 14.0 Å². The Morgan fingerprint density at radius 2 is 1.91 bits per heavy atom. The van der Waals surface area contributed by atoms with Crippen molar-refractivity contribution in [1.82, 2.24) is 9.88 Å². The van der Waals surface area contributed by atoms with Crippen LogP contribution in [0.25, 0.3) is 16.5 Å². The summed E-state index contributed by atoms with van der Waals surface area (Å²) in [7, 11) is 0. The summed E-state index contributed by atoms with van der Waals surface area (Å²) in [5.41, 5.74) is 2.28. The smallest absolute Gasteiger partial charge is 0.341 e. The zero-order valence-electron chi connectivity index (χ0n) is 20.1. The second-order valence-electron chi connectivity index (χ2n) is 9.10. The zero-order valence-corrected chi connectivity index (χ0v) is 20.1. The number of halogens is 1. The third-order valence-electron chi connectivity index (χ3n) is 5.99. The Morgan fingerprint density at radius 1 is 1.17 bits per heavy atom. The van der Waals surface area contributed by atoms with Crippen LogP contribution >= 0.6 is 0 Å². The molecule has 1 aliphatic rings. The lowest BCUT2D eigenvalue weighted by Crippen LogP contribution is -2.36. The summed E-state index contributed by atoms with van der Waals surface area (Å²) >= 11 is 0. The van der Waals surface area contributed by atoms with Crippen LogP contribution in [-0.4, -0.2) is 53.2 Å². The number of nitrogens with zero attached hydrogens (tertiary/aromatic N) is 1. The number of aromatic amines is 1. The molecule has 0 radical (unpaired) electrons. The number of rotatable bonds is 7. The number of aliphatic hydroxyl groups excluding tert-OH is 1. The van der Waals surface area contributed by atoms with Crippen molar-refractivity contribution in [3.8, 4) is 5.75 Å². The Hall–Kier alpha value is -3.65. The van der Waals surface area contributed by atoms with Crippen LogP contribution in [0.1, 0.15) is 48.8 Å². The topological polar surface area (TPSA) is 91.9 Å². The van der Waals surface area contributed by atoms with E-state index in [1.54, 1.807) is 6.92 Å². The van der Waals surface area contributed by atoms with Gasteiger partial charge in [-0.25, -0.2) is 9.18 Å². The molecule has 0 spiro atoms. The molecule has 1 aliphatic heterocycles. The number of carbonyl (C=O) groups is 2. The van der Waals surface area contributed by atoms with E-state index in [1.807, 2.05) is 32.0 Å². The van der Waals surface area contributed by atoms with Crippen LogP contribution in [0.4, 0.5) is 4.39 Å². The molecule has 0 saturated carbocycles. The Morgan fingerprint density at radius 3 is 2.60 bits per heavy atom. The Balaban J connectivity index is 1.82. The Bertz CT molecular complexity index is 1280. The van der Waals surface area contributed by atoms with Crippen LogP contribution < -0.4 is 4.74 Å². The molecule has 4 rings (SSSR count). The van der Waals surface area contributed by atoms with Gasteiger partial charge in [-0.2, -0.15) is 0 Å². The SMILES string of the molecule is CCOC(=O)C1=CN(C(=O)c2ccc(F)cc2)CC(C)(C)c2c1[nH]c1cc(OCCCO)ccc21. The van der Waals surface area contributed by atoms with Crippen LogP contribution in [0.2, 0.25) is 0 Å². The van der Waals surface area contributed by atoms with Gasteiger partial charge < -0.3 is 24.5 Å². The highest BCUT2D eigenvalue weighted by molar-refractivity contribution is 6.18. The van der Waals surface area contributed by atoms with Crippen molar-refractivity contribution in [3.05, 3.63) is 71.3 Å². The van der Waals surface area contributed by atoms with Crippen LogP contribution in [0, 0.1) is 5.82 Å². The fourth-order valence-electron chi connectivity index (χ4n) is 4.45. The number of H-pyrrole nitrogens is 1. The van der Waals surface area contributed by atoms with E-state index in [2.05, 4.69) is 4.98 Å². The van der Waals surface area contributed by atoms with Crippen molar-refractivity contribution in [3.63, 3.8) is 0 Å². The summed E-state index contributed by atoms with van der Waals surface area (Å²) in [6, 6.07) is 11.0. The van der Waals surface area contributed by atoms with Gasteiger partial charge in [-0.05, 0) is 48.9 Å². The van der Waals surface area contributed by atoms with E-state index in [0.717, 1.165) is 16.5 Å². The summed E-state index contributed by atoms with van der Waals surface area (Å²) in [5.74, 6) is -0.667. The number of aromatic nitrogens is 1. The number of hydrogen-bond acceptors (Lipinski definition) is 5. The number of ether oxygens (including phenoxy) is 2. The molecule has 1 aromatic heterocycles. The lowest BCUT2D eigenvalue weighted by Gasteiger charge is -2.29. The van der Waals surface area contributed by atoms with Crippen molar-refractivity contribution in [2.45, 2.75) is 32.6 Å². The van der Waals surface area contributed by atoms with Gasteiger partial charge in [-0.1, -0.05) is 13.8 Å². The lowest BCUT2D eigenvalue weighted by molar-refractivity contribution is -0.136. The standard InChI is InChI=1S/C27H29FN2O5/c1-4-34-26(33)21-15-30(25(32)17-6-8-18(28)9-7-17)16-27(2,3)23-20-11-10-19(35-13-5-12-31)14-22(20)29-24(21)23/h6-11,14-15,29,31H,4-5,12-13,16H2,1-3H3. The fraction of sp³-hybridized carbons (Fsp3) is 0.333. The normalized spacial score (nSPS) is 14.8. The minimum Gasteiger partial charge on any atom is -0.493 e. The molecule has 0 unspecified atom stereocenters. The van der Waals surface area contributed by atoms with E-state index < -0.39 is 17.2 Å². The quantitative estimate of drug-likeness (QED) is 0.386. The molecule has 2 aromatic carbocycles. The maximum absolute atomic E-state index is 13.4. The van der Waals surface area contributed by atoms with Gasteiger partial charge >= 0.3 is 5.97 Å². The number of benzene rings is 2. The molecule has 184 valence electrons. The largest absolute Gasteiger partial charge is 0.493 e. The molecule has 1 amide bonds. The highest BCUT2D eigenvalue weighted by Gasteiger charge is 2.37. The first kappa shape index (κ1) is 24.5. The fourth-order valence-corrected chi connectivity index (χ4v) is 4.45. The number of fused-ring (bicyclic) bond motifs is 3. The molecule has 7 nitrogen and oxygen atoms in total. The second-order valence-corrected chi connectivity index (χ2v) is 9.10. The van der Waals surface area contributed by atoms with E-state index >= 15 is 0 Å². The van der Waals surface area contributed by atoms with Gasteiger partial charge in [-0.3, -0.25) is 4.79 Å². The van der Waals surface area contributed by atoms with Gasteiger partial charge in [0.1, 0.15) is 11.6 Å². The highest BCUT2D eigenvalue weighted by atomic mass is 19.1. The van der Waals surface area contributed by atoms with Crippen LogP contribution in [0.5, 0.6) is 5.75 Å². The molecular weight excluding hydrogens is 451 g/mol. The maximum Gasteiger partial charge on any atom is 0.341 e. The molecule has 2 N–H and O–H groups in total. The summed E-state index contributed by atoms with van der Waals surface area (Å²) in [4.78, 5) is 31.2. The van der Waals surface area contributed by atoms with Crippen molar-refractivity contribution < 1.29 is 28.6 Å². The predicted molar refractivity (Wildman–Crippen MR) is 131 cm³/mol. The molecule has 0 atom stereocenters. The number of carbonyl (C=O) groups excluding carboxylic acids is 2. The second kappa shape index (κ2) is 9.92. The van der Waals surface area contributed by atoms with E-state index in [0.29, 0.717) is 36.6 Å². The summed E-state index contributed by atoms with van der Waals surface area (Å²) in [6.45, 7) is 6.67. The van der Waals surface area contributed by atoms with E-state index in [-0.39, 0.29) is 24.7 Å². The molecule has 2 heterocycles. The zero-order chi connectivity index (χ0) is 25.2. The van der Waals surface area contributed by atoms with Gasteiger partial charge in [0.15, 0.2) is 0 Å². The van der Waals surface area contributed by atoms with Crippen molar-refractivity contribution >= 4 is 28.4 Å². The predicted octanol–water partition coefficient (Wildman–Crippen LogP) is 4.41. The van der Waals surface area contributed by atoms with Gasteiger partial charge in [0.25, 0.3) is 5.91 Å². The van der Waals surface area contributed by atoms with Crippen molar-refractivity contribution in [1.29, 1.82) is 0 Å². The number of amides is 1. The lowest BCUT2D eigenvalue weighted by atomic mass is 9.81. The molecule has 0 fully saturated rings. The number of hydrogen-bond donors (Lipinski definition) is 2.